The standard InChI is InChI=1S/C18H26N2O5/c1-18(2,3)25-17(24)19-13(11-12-7-5-4-6-8-12)15(22)20-10-9-14(21)16(20)23/h4-8,13-14,16,21,23H,9-11H2,1-3H3,(H,19,24)/t13-,14+,16?/m0/s1. The lowest BCUT2D eigenvalue weighted by Crippen LogP contribution is -2.52. The van der Waals surface area contributed by atoms with E-state index in [-0.39, 0.29) is 13.0 Å². The van der Waals surface area contributed by atoms with Gasteiger partial charge in [0.1, 0.15) is 17.7 Å². The number of benzene rings is 1. The number of rotatable bonds is 4. The third-order valence-corrected chi connectivity index (χ3v) is 3.88. The number of ether oxygens (including phenoxy) is 1. The maximum absolute atomic E-state index is 12.8. The first-order chi connectivity index (χ1) is 11.7. The van der Waals surface area contributed by atoms with E-state index in [1.165, 1.54) is 4.90 Å². The van der Waals surface area contributed by atoms with Crippen molar-refractivity contribution >= 4 is 12.0 Å². The van der Waals surface area contributed by atoms with Crippen molar-refractivity contribution < 1.29 is 24.5 Å². The summed E-state index contributed by atoms with van der Waals surface area (Å²) in [6, 6.07) is 8.37. The number of nitrogens with one attached hydrogen (secondary N) is 1. The van der Waals surface area contributed by atoms with Gasteiger partial charge in [-0.1, -0.05) is 30.3 Å². The Hall–Kier alpha value is -2.12. The van der Waals surface area contributed by atoms with Gasteiger partial charge >= 0.3 is 6.09 Å². The number of alkyl carbamates (subject to hydrolysis) is 1. The van der Waals surface area contributed by atoms with Gasteiger partial charge in [0.05, 0.1) is 0 Å². The van der Waals surface area contributed by atoms with Crippen LogP contribution in [0.4, 0.5) is 4.79 Å². The molecule has 0 aromatic heterocycles. The van der Waals surface area contributed by atoms with Crippen LogP contribution < -0.4 is 5.32 Å². The zero-order valence-electron chi connectivity index (χ0n) is 14.8. The molecule has 138 valence electrons. The monoisotopic (exact) mass is 350 g/mol. The van der Waals surface area contributed by atoms with E-state index in [9.17, 15) is 19.8 Å². The molecular formula is C18H26N2O5. The van der Waals surface area contributed by atoms with Gasteiger partial charge in [-0.05, 0) is 32.8 Å². The summed E-state index contributed by atoms with van der Waals surface area (Å²) in [7, 11) is 0. The molecule has 1 aliphatic rings. The lowest BCUT2D eigenvalue weighted by atomic mass is 10.0. The number of nitrogens with zero attached hydrogens (tertiary/aromatic N) is 1. The second kappa shape index (κ2) is 7.84. The van der Waals surface area contributed by atoms with E-state index >= 15 is 0 Å². The summed E-state index contributed by atoms with van der Waals surface area (Å²) >= 11 is 0. The zero-order valence-corrected chi connectivity index (χ0v) is 14.8. The Bertz CT molecular complexity index is 599. The molecule has 1 aromatic rings. The average molecular weight is 350 g/mol. The van der Waals surface area contributed by atoms with E-state index in [0.717, 1.165) is 5.56 Å². The molecule has 0 saturated carbocycles. The molecule has 1 fully saturated rings. The van der Waals surface area contributed by atoms with E-state index < -0.39 is 36.0 Å². The summed E-state index contributed by atoms with van der Waals surface area (Å²) in [5, 5.41) is 22.2. The van der Waals surface area contributed by atoms with Crippen molar-refractivity contribution in [1.82, 2.24) is 10.2 Å². The molecule has 1 aliphatic heterocycles. The second-order valence-corrected chi connectivity index (χ2v) is 7.19. The lowest BCUT2D eigenvalue weighted by Gasteiger charge is -2.28. The number of aliphatic hydroxyl groups excluding tert-OH is 2. The molecule has 3 atom stereocenters. The maximum Gasteiger partial charge on any atom is 0.408 e. The Balaban J connectivity index is 2.13. The number of likely N-dealkylation sites (tertiary alicyclic amines) is 1. The molecule has 7 nitrogen and oxygen atoms in total. The number of carbonyl (C=O) groups is 2. The fourth-order valence-electron chi connectivity index (χ4n) is 2.70. The molecule has 1 unspecified atom stereocenters. The minimum atomic E-state index is -1.26. The number of aliphatic hydroxyl groups is 2. The van der Waals surface area contributed by atoms with Crippen LogP contribution in [0.15, 0.2) is 30.3 Å². The molecule has 0 spiro atoms. The number of hydrogen-bond acceptors (Lipinski definition) is 5. The molecule has 7 heteroatoms. The van der Waals surface area contributed by atoms with E-state index in [1.54, 1.807) is 20.8 Å². The van der Waals surface area contributed by atoms with Crippen molar-refractivity contribution in [2.75, 3.05) is 6.54 Å². The third kappa shape index (κ3) is 5.44. The lowest BCUT2D eigenvalue weighted by molar-refractivity contribution is -0.143. The van der Waals surface area contributed by atoms with Gasteiger partial charge in [-0.15, -0.1) is 0 Å². The highest BCUT2D eigenvalue weighted by atomic mass is 16.6. The summed E-state index contributed by atoms with van der Waals surface area (Å²) in [4.78, 5) is 26.1. The Morgan fingerprint density at radius 3 is 2.44 bits per heavy atom. The molecular weight excluding hydrogens is 324 g/mol. The molecule has 2 amide bonds. The molecule has 0 radical (unpaired) electrons. The van der Waals surface area contributed by atoms with E-state index in [4.69, 9.17) is 4.74 Å². The highest BCUT2D eigenvalue weighted by Crippen LogP contribution is 2.18. The highest BCUT2D eigenvalue weighted by molar-refractivity contribution is 5.86. The van der Waals surface area contributed by atoms with Crippen molar-refractivity contribution in [3.63, 3.8) is 0 Å². The Labute approximate surface area is 147 Å². The Kier molecular flexibility index (Phi) is 6.02. The van der Waals surface area contributed by atoms with Crippen LogP contribution in [0.2, 0.25) is 0 Å². The van der Waals surface area contributed by atoms with Crippen molar-refractivity contribution in [2.45, 2.75) is 57.6 Å². The van der Waals surface area contributed by atoms with Gasteiger partial charge in [0.25, 0.3) is 0 Å². The van der Waals surface area contributed by atoms with E-state index in [0.29, 0.717) is 6.42 Å². The van der Waals surface area contributed by atoms with Gasteiger partial charge in [-0.3, -0.25) is 4.79 Å². The largest absolute Gasteiger partial charge is 0.444 e. The number of hydrogen-bond donors (Lipinski definition) is 3. The van der Waals surface area contributed by atoms with Gasteiger partial charge < -0.3 is 25.2 Å². The van der Waals surface area contributed by atoms with Gasteiger partial charge in [0.2, 0.25) is 5.91 Å². The summed E-state index contributed by atoms with van der Waals surface area (Å²) < 4.78 is 5.23. The molecule has 2 rings (SSSR count). The third-order valence-electron chi connectivity index (χ3n) is 3.88. The first-order valence-electron chi connectivity index (χ1n) is 8.37. The van der Waals surface area contributed by atoms with Crippen LogP contribution in [-0.4, -0.2) is 57.6 Å². The van der Waals surface area contributed by atoms with Crippen LogP contribution in [0.3, 0.4) is 0 Å². The summed E-state index contributed by atoms with van der Waals surface area (Å²) in [5.41, 5.74) is 0.180. The Morgan fingerprint density at radius 2 is 1.92 bits per heavy atom. The van der Waals surface area contributed by atoms with Crippen LogP contribution in [-0.2, 0) is 16.0 Å². The van der Waals surface area contributed by atoms with Crippen molar-refractivity contribution in [1.29, 1.82) is 0 Å². The van der Waals surface area contributed by atoms with E-state index in [2.05, 4.69) is 5.32 Å². The fourth-order valence-corrected chi connectivity index (χ4v) is 2.70. The van der Waals surface area contributed by atoms with E-state index in [1.807, 2.05) is 30.3 Å². The smallest absolute Gasteiger partial charge is 0.408 e. The maximum atomic E-state index is 12.8. The van der Waals surface area contributed by atoms with Crippen LogP contribution in [0.25, 0.3) is 0 Å². The summed E-state index contributed by atoms with van der Waals surface area (Å²) in [6.07, 6.45) is -2.36. The highest BCUT2D eigenvalue weighted by Gasteiger charge is 2.38. The zero-order chi connectivity index (χ0) is 18.6. The quantitative estimate of drug-likeness (QED) is 0.753. The minimum absolute atomic E-state index is 0.239. The second-order valence-electron chi connectivity index (χ2n) is 7.19. The number of carbonyl (C=O) groups excluding carboxylic acids is 2. The van der Waals surface area contributed by atoms with Crippen LogP contribution >= 0.6 is 0 Å². The predicted octanol–water partition coefficient (Wildman–Crippen LogP) is 1.03. The van der Waals surface area contributed by atoms with Crippen molar-refractivity contribution in [2.24, 2.45) is 0 Å². The Morgan fingerprint density at radius 1 is 1.28 bits per heavy atom. The first-order valence-corrected chi connectivity index (χ1v) is 8.37. The normalized spacial score (nSPS) is 21.7. The van der Waals surface area contributed by atoms with Crippen molar-refractivity contribution in [3.05, 3.63) is 35.9 Å². The van der Waals surface area contributed by atoms with Crippen molar-refractivity contribution in [3.8, 4) is 0 Å². The predicted molar refractivity (Wildman–Crippen MR) is 91.6 cm³/mol. The van der Waals surface area contributed by atoms with Crippen LogP contribution in [0.5, 0.6) is 0 Å². The molecule has 0 bridgehead atoms. The SMILES string of the molecule is CC(C)(C)OC(=O)N[C@@H](Cc1ccccc1)C(=O)N1CC[C@@H](O)C1O. The van der Waals surface area contributed by atoms with Gasteiger partial charge in [-0.25, -0.2) is 4.79 Å². The molecule has 1 aromatic carbocycles. The van der Waals surface area contributed by atoms with Crippen LogP contribution in [0.1, 0.15) is 32.8 Å². The minimum Gasteiger partial charge on any atom is -0.444 e. The molecule has 1 heterocycles. The topological polar surface area (TPSA) is 99.1 Å². The molecule has 1 saturated heterocycles. The van der Waals surface area contributed by atoms with Crippen LogP contribution in [0, 0.1) is 0 Å². The first kappa shape index (κ1) is 19.2. The molecule has 25 heavy (non-hydrogen) atoms. The van der Waals surface area contributed by atoms with Gasteiger partial charge in [0.15, 0.2) is 6.23 Å². The fraction of sp³-hybridized carbons (Fsp3) is 0.556. The molecule has 0 aliphatic carbocycles. The van der Waals surface area contributed by atoms with Gasteiger partial charge in [0, 0.05) is 13.0 Å². The molecule has 3 N–H and O–H groups in total. The average Bonchev–Trinajstić information content (AvgIpc) is 2.85. The van der Waals surface area contributed by atoms with Gasteiger partial charge in [-0.2, -0.15) is 0 Å². The summed E-state index contributed by atoms with van der Waals surface area (Å²) in [6.45, 7) is 5.45. The summed E-state index contributed by atoms with van der Waals surface area (Å²) in [5.74, 6) is -0.446. The number of amides is 2.